The van der Waals surface area contributed by atoms with Crippen LogP contribution in [0.2, 0.25) is 0 Å². The predicted octanol–water partition coefficient (Wildman–Crippen LogP) is 1.97. The van der Waals surface area contributed by atoms with Crippen molar-refractivity contribution in [3.63, 3.8) is 0 Å². The van der Waals surface area contributed by atoms with E-state index in [2.05, 4.69) is 30.1 Å². The van der Waals surface area contributed by atoms with Gasteiger partial charge in [-0.3, -0.25) is 9.67 Å². The Morgan fingerprint density at radius 3 is 2.59 bits per heavy atom. The number of benzene rings is 1. The number of nitrogens with zero attached hydrogens (tertiary/aromatic N) is 7. The zero-order valence-electron chi connectivity index (χ0n) is 17.0. The summed E-state index contributed by atoms with van der Waals surface area (Å²) < 4.78 is 40.0. The van der Waals surface area contributed by atoms with Crippen molar-refractivity contribution in [2.45, 2.75) is 6.43 Å². The van der Waals surface area contributed by atoms with Crippen molar-refractivity contribution in [1.29, 1.82) is 0 Å². The van der Waals surface area contributed by atoms with Crippen LogP contribution in [0.3, 0.4) is 0 Å². The van der Waals surface area contributed by atoms with E-state index in [0.717, 1.165) is 0 Å². The molecule has 0 radical (unpaired) electrons. The lowest BCUT2D eigenvalue weighted by molar-refractivity contribution is 0.122. The summed E-state index contributed by atoms with van der Waals surface area (Å²) in [4.78, 5) is 19.5. The maximum absolute atomic E-state index is 14.0. The summed E-state index contributed by atoms with van der Waals surface area (Å²) in [5.41, 5.74) is 7.44. The first-order chi connectivity index (χ1) is 15.5. The van der Waals surface area contributed by atoms with Crippen LogP contribution in [0.4, 0.5) is 20.4 Å². The van der Waals surface area contributed by atoms with E-state index >= 15 is 0 Å². The first-order valence-corrected chi connectivity index (χ1v) is 9.77. The number of aromatic amines is 1. The molecule has 0 aliphatic carbocycles. The predicted molar refractivity (Wildman–Crippen MR) is 111 cm³/mol. The third kappa shape index (κ3) is 3.45. The highest BCUT2D eigenvalue weighted by molar-refractivity contribution is 5.87. The Hall–Kier alpha value is -3.87. The number of anilines is 2. The zero-order chi connectivity index (χ0) is 22.2. The van der Waals surface area contributed by atoms with Gasteiger partial charge in [0.15, 0.2) is 11.6 Å². The second-order valence-corrected chi connectivity index (χ2v) is 7.04. The fourth-order valence-electron chi connectivity index (χ4n) is 3.56. The molecular formula is C19H19F2N9O2. The van der Waals surface area contributed by atoms with Crippen molar-refractivity contribution in [2.75, 3.05) is 44.0 Å². The topological polar surface area (TPSA) is 133 Å². The number of H-pyrrole nitrogens is 1. The monoisotopic (exact) mass is 443 g/mol. The van der Waals surface area contributed by atoms with Crippen molar-refractivity contribution < 1.29 is 18.3 Å². The molecule has 11 nitrogen and oxygen atoms in total. The van der Waals surface area contributed by atoms with E-state index in [1.54, 1.807) is 12.4 Å². The first kappa shape index (κ1) is 20.1. The summed E-state index contributed by atoms with van der Waals surface area (Å²) in [5.74, 6) is 0.359. The van der Waals surface area contributed by atoms with E-state index in [-0.39, 0.29) is 23.0 Å². The summed E-state index contributed by atoms with van der Waals surface area (Å²) >= 11 is 0. The van der Waals surface area contributed by atoms with Crippen LogP contribution >= 0.6 is 0 Å². The lowest BCUT2D eigenvalue weighted by Gasteiger charge is -2.27. The molecule has 0 unspecified atom stereocenters. The summed E-state index contributed by atoms with van der Waals surface area (Å²) in [6, 6.07) is 3.06. The van der Waals surface area contributed by atoms with Crippen LogP contribution in [0.15, 0.2) is 24.5 Å². The third-order valence-corrected chi connectivity index (χ3v) is 5.05. The maximum atomic E-state index is 14.0. The standard InChI is InChI=1S/C19H19F2N9O2/c1-31-13-7-11(22)6-12-14(13)25-17(15(20)21)30(12)19-27-16(10-8-23-24-9-10)26-18(28-19)29-2-4-32-5-3-29/h6-9,15H,2-5,22H2,1H3,(H,23,24). The van der Waals surface area contributed by atoms with Crippen LogP contribution in [0.1, 0.15) is 12.2 Å². The Bertz CT molecular complexity index is 1250. The molecule has 0 bridgehead atoms. The number of alkyl halides is 2. The van der Waals surface area contributed by atoms with Gasteiger partial charge in [-0.15, -0.1) is 0 Å². The van der Waals surface area contributed by atoms with Crippen molar-refractivity contribution >= 4 is 22.7 Å². The molecule has 5 rings (SSSR count). The molecule has 4 aromatic rings. The minimum Gasteiger partial charge on any atom is -0.494 e. The van der Waals surface area contributed by atoms with Gasteiger partial charge in [-0.2, -0.15) is 20.1 Å². The quantitative estimate of drug-likeness (QED) is 0.444. The molecule has 0 atom stereocenters. The number of fused-ring (bicyclic) bond motifs is 1. The van der Waals surface area contributed by atoms with E-state index in [4.69, 9.17) is 15.2 Å². The zero-order valence-corrected chi connectivity index (χ0v) is 17.0. The number of ether oxygens (including phenoxy) is 2. The van der Waals surface area contributed by atoms with Crippen molar-refractivity contribution in [2.24, 2.45) is 0 Å². The maximum Gasteiger partial charge on any atom is 0.296 e. The van der Waals surface area contributed by atoms with Crippen molar-refractivity contribution in [3.05, 3.63) is 30.4 Å². The number of methoxy groups -OCH3 is 1. The van der Waals surface area contributed by atoms with E-state index in [1.807, 2.05) is 4.90 Å². The van der Waals surface area contributed by atoms with Gasteiger partial charge in [0.25, 0.3) is 6.43 Å². The molecule has 1 aromatic carbocycles. The van der Waals surface area contributed by atoms with Gasteiger partial charge in [0.05, 0.1) is 37.6 Å². The Balaban J connectivity index is 1.77. The van der Waals surface area contributed by atoms with Gasteiger partial charge in [0.2, 0.25) is 11.9 Å². The molecule has 13 heteroatoms. The number of morpholine rings is 1. The van der Waals surface area contributed by atoms with Crippen LogP contribution in [-0.4, -0.2) is 68.1 Å². The second kappa shape index (κ2) is 8.00. The van der Waals surface area contributed by atoms with Gasteiger partial charge >= 0.3 is 0 Å². The van der Waals surface area contributed by atoms with Gasteiger partial charge in [-0.05, 0) is 6.07 Å². The van der Waals surface area contributed by atoms with E-state index < -0.39 is 12.2 Å². The number of nitrogens with one attached hydrogen (secondary N) is 1. The van der Waals surface area contributed by atoms with Gasteiger partial charge in [0.1, 0.15) is 11.3 Å². The fourth-order valence-corrected chi connectivity index (χ4v) is 3.56. The minimum absolute atomic E-state index is 0.0110. The van der Waals surface area contributed by atoms with E-state index in [0.29, 0.717) is 49.0 Å². The van der Waals surface area contributed by atoms with Crippen LogP contribution in [0.25, 0.3) is 28.4 Å². The Morgan fingerprint density at radius 2 is 1.91 bits per heavy atom. The second-order valence-electron chi connectivity index (χ2n) is 7.04. The van der Waals surface area contributed by atoms with Crippen LogP contribution in [-0.2, 0) is 4.74 Å². The molecule has 0 amide bonds. The number of hydrogen-bond donors (Lipinski definition) is 2. The summed E-state index contributed by atoms with van der Waals surface area (Å²) in [7, 11) is 1.42. The summed E-state index contributed by atoms with van der Waals surface area (Å²) in [6.07, 6.45) is 0.265. The normalized spacial score (nSPS) is 14.4. The number of rotatable bonds is 5. The number of nitrogen functional groups attached to an aromatic ring is 1. The van der Waals surface area contributed by atoms with E-state index in [1.165, 1.54) is 23.8 Å². The Labute approximate surface area is 180 Å². The summed E-state index contributed by atoms with van der Waals surface area (Å²) in [6.45, 7) is 2.13. The third-order valence-electron chi connectivity index (χ3n) is 5.05. The molecule has 4 heterocycles. The van der Waals surface area contributed by atoms with Gasteiger partial charge in [-0.25, -0.2) is 13.8 Å². The lowest BCUT2D eigenvalue weighted by Crippen LogP contribution is -2.37. The Morgan fingerprint density at radius 1 is 1.12 bits per heavy atom. The number of imidazole rings is 1. The SMILES string of the molecule is COc1cc(N)cc2c1nc(C(F)F)n2-c1nc(-c2cn[nH]c2)nc(N2CCOCC2)n1. The molecule has 1 saturated heterocycles. The van der Waals surface area contributed by atoms with Gasteiger partial charge in [0, 0.05) is 31.0 Å². The van der Waals surface area contributed by atoms with Crippen molar-refractivity contribution in [3.8, 4) is 23.1 Å². The molecule has 0 saturated carbocycles. The van der Waals surface area contributed by atoms with Gasteiger partial charge in [-0.1, -0.05) is 0 Å². The number of nitrogens with two attached hydrogens (primary N) is 1. The van der Waals surface area contributed by atoms with Gasteiger partial charge < -0.3 is 20.1 Å². The first-order valence-electron chi connectivity index (χ1n) is 9.77. The molecule has 3 aromatic heterocycles. The van der Waals surface area contributed by atoms with Crippen molar-refractivity contribution in [1.82, 2.24) is 34.7 Å². The minimum atomic E-state index is -2.89. The number of halogens is 2. The highest BCUT2D eigenvalue weighted by Crippen LogP contribution is 2.34. The molecule has 1 aliphatic rings. The van der Waals surface area contributed by atoms with Crippen LogP contribution < -0.4 is 15.4 Å². The lowest BCUT2D eigenvalue weighted by atomic mass is 10.2. The molecule has 32 heavy (non-hydrogen) atoms. The highest BCUT2D eigenvalue weighted by atomic mass is 19.3. The number of aromatic nitrogens is 7. The number of hydrogen-bond acceptors (Lipinski definition) is 9. The van der Waals surface area contributed by atoms with E-state index in [9.17, 15) is 8.78 Å². The molecule has 3 N–H and O–H groups in total. The summed E-state index contributed by atoms with van der Waals surface area (Å²) in [5, 5.41) is 6.64. The molecule has 1 aliphatic heterocycles. The molecular weight excluding hydrogens is 424 g/mol. The fraction of sp³-hybridized carbons (Fsp3) is 0.316. The molecule has 0 spiro atoms. The largest absolute Gasteiger partial charge is 0.494 e. The molecule has 166 valence electrons. The molecule has 1 fully saturated rings. The smallest absolute Gasteiger partial charge is 0.296 e. The van der Waals surface area contributed by atoms with Crippen LogP contribution in [0.5, 0.6) is 5.75 Å². The Kier molecular flexibility index (Phi) is 5.01. The van der Waals surface area contributed by atoms with Crippen LogP contribution in [0, 0.1) is 0 Å². The average molecular weight is 443 g/mol. The average Bonchev–Trinajstić information content (AvgIpc) is 3.47. The highest BCUT2D eigenvalue weighted by Gasteiger charge is 2.26.